The van der Waals surface area contributed by atoms with Crippen LogP contribution in [0.15, 0.2) is 12.3 Å². The van der Waals surface area contributed by atoms with Crippen molar-refractivity contribution in [1.82, 2.24) is 4.98 Å². The van der Waals surface area contributed by atoms with Crippen molar-refractivity contribution < 1.29 is 4.79 Å². The van der Waals surface area contributed by atoms with Gasteiger partial charge in [0.15, 0.2) is 0 Å². The normalized spacial score (nSPS) is 9.60. The maximum atomic E-state index is 10.8. The van der Waals surface area contributed by atoms with Gasteiger partial charge in [-0.3, -0.25) is 4.79 Å². The summed E-state index contributed by atoms with van der Waals surface area (Å²) in [5.74, 6) is 0.697. The van der Waals surface area contributed by atoms with Crippen LogP contribution in [0.5, 0.6) is 0 Å². The Labute approximate surface area is 95.7 Å². The van der Waals surface area contributed by atoms with Gasteiger partial charge in [-0.1, -0.05) is 13.8 Å². The summed E-state index contributed by atoms with van der Waals surface area (Å²) in [7, 11) is 0. The monoisotopic (exact) mass is 229 g/mol. The van der Waals surface area contributed by atoms with E-state index in [0.717, 1.165) is 5.56 Å². The zero-order valence-electron chi connectivity index (χ0n) is 9.07. The number of nitrogen functional groups attached to an aromatic ring is 1. The number of nitrogens with zero attached hydrogens (tertiary/aromatic N) is 1. The van der Waals surface area contributed by atoms with Crippen LogP contribution in [0.25, 0.3) is 0 Å². The van der Waals surface area contributed by atoms with Gasteiger partial charge < -0.3 is 11.1 Å². The standard InChI is InChI=1S/C10H15N3O.ClH/c1-6(2)8-5-12-10(4-9(8)11)13-7(3)14;/h4-6H,1-3H3,(H3,11,12,13,14);1H. The highest BCUT2D eigenvalue weighted by atomic mass is 35.5. The molecule has 1 rings (SSSR count). The molecule has 0 spiro atoms. The van der Waals surface area contributed by atoms with Gasteiger partial charge in [-0.25, -0.2) is 4.98 Å². The van der Waals surface area contributed by atoms with E-state index >= 15 is 0 Å². The van der Waals surface area contributed by atoms with Gasteiger partial charge in [0, 0.05) is 24.9 Å². The summed E-state index contributed by atoms with van der Waals surface area (Å²) in [6, 6.07) is 1.68. The molecule has 0 fully saturated rings. The number of halogens is 1. The molecule has 1 amide bonds. The number of hydrogen-bond acceptors (Lipinski definition) is 3. The second-order valence-corrected chi connectivity index (χ2v) is 3.53. The first-order chi connectivity index (χ1) is 6.50. The summed E-state index contributed by atoms with van der Waals surface area (Å²) < 4.78 is 0. The fourth-order valence-electron chi connectivity index (χ4n) is 1.21. The molecule has 1 heterocycles. The fourth-order valence-corrected chi connectivity index (χ4v) is 1.21. The predicted molar refractivity (Wildman–Crippen MR) is 64.3 cm³/mol. The lowest BCUT2D eigenvalue weighted by Gasteiger charge is -2.10. The minimum atomic E-state index is -0.144. The van der Waals surface area contributed by atoms with Crippen LogP contribution in [0, 0.1) is 0 Å². The van der Waals surface area contributed by atoms with Crippen LogP contribution in [0.4, 0.5) is 11.5 Å². The van der Waals surface area contributed by atoms with E-state index in [-0.39, 0.29) is 18.3 Å². The second-order valence-electron chi connectivity index (χ2n) is 3.53. The highest BCUT2D eigenvalue weighted by Gasteiger charge is 2.06. The van der Waals surface area contributed by atoms with Crippen molar-refractivity contribution in [2.45, 2.75) is 26.7 Å². The van der Waals surface area contributed by atoms with Crippen molar-refractivity contribution in [3.63, 3.8) is 0 Å². The van der Waals surface area contributed by atoms with Crippen molar-refractivity contribution in [3.05, 3.63) is 17.8 Å². The van der Waals surface area contributed by atoms with Gasteiger partial charge >= 0.3 is 0 Å². The number of nitrogens with one attached hydrogen (secondary N) is 1. The quantitative estimate of drug-likeness (QED) is 0.817. The number of aromatic nitrogens is 1. The second kappa shape index (κ2) is 5.56. The first kappa shape index (κ1) is 13.7. The molecule has 5 heteroatoms. The molecule has 15 heavy (non-hydrogen) atoms. The molecule has 0 bridgehead atoms. The van der Waals surface area contributed by atoms with Gasteiger partial charge in [-0.2, -0.15) is 0 Å². The Kier molecular flexibility index (Phi) is 5.08. The first-order valence-electron chi connectivity index (χ1n) is 4.53. The SMILES string of the molecule is CC(=O)Nc1cc(N)c(C(C)C)cn1.Cl. The van der Waals surface area contributed by atoms with E-state index in [4.69, 9.17) is 5.73 Å². The summed E-state index contributed by atoms with van der Waals surface area (Å²) >= 11 is 0. The average molecular weight is 230 g/mol. The number of anilines is 2. The Morgan fingerprint density at radius 3 is 2.53 bits per heavy atom. The van der Waals surface area contributed by atoms with Crippen molar-refractivity contribution in [1.29, 1.82) is 0 Å². The van der Waals surface area contributed by atoms with E-state index in [0.29, 0.717) is 17.4 Å². The lowest BCUT2D eigenvalue weighted by molar-refractivity contribution is -0.114. The first-order valence-corrected chi connectivity index (χ1v) is 4.53. The largest absolute Gasteiger partial charge is 0.398 e. The van der Waals surface area contributed by atoms with E-state index in [1.807, 2.05) is 13.8 Å². The van der Waals surface area contributed by atoms with E-state index in [1.54, 1.807) is 12.3 Å². The molecule has 0 aliphatic heterocycles. The van der Waals surface area contributed by atoms with Crippen molar-refractivity contribution in [2.75, 3.05) is 11.1 Å². The zero-order valence-corrected chi connectivity index (χ0v) is 9.89. The van der Waals surface area contributed by atoms with Crippen LogP contribution >= 0.6 is 12.4 Å². The Morgan fingerprint density at radius 2 is 2.13 bits per heavy atom. The van der Waals surface area contributed by atoms with E-state index in [2.05, 4.69) is 10.3 Å². The third kappa shape index (κ3) is 3.75. The number of hydrogen-bond donors (Lipinski definition) is 2. The summed E-state index contributed by atoms with van der Waals surface area (Å²) in [6.45, 7) is 5.53. The number of amides is 1. The number of nitrogens with two attached hydrogens (primary N) is 1. The highest BCUT2D eigenvalue weighted by molar-refractivity contribution is 5.88. The molecule has 4 nitrogen and oxygen atoms in total. The Hall–Kier alpha value is -1.29. The van der Waals surface area contributed by atoms with Crippen LogP contribution in [-0.4, -0.2) is 10.9 Å². The molecule has 0 aliphatic carbocycles. The number of rotatable bonds is 2. The minimum Gasteiger partial charge on any atom is -0.398 e. The molecular weight excluding hydrogens is 214 g/mol. The number of carbonyl (C=O) groups excluding carboxylic acids is 1. The smallest absolute Gasteiger partial charge is 0.222 e. The number of carbonyl (C=O) groups is 1. The Morgan fingerprint density at radius 1 is 1.53 bits per heavy atom. The molecule has 0 saturated heterocycles. The highest BCUT2D eigenvalue weighted by Crippen LogP contribution is 2.22. The number of pyridine rings is 1. The lowest BCUT2D eigenvalue weighted by atomic mass is 10.0. The van der Waals surface area contributed by atoms with Crippen LogP contribution in [0.2, 0.25) is 0 Å². The average Bonchev–Trinajstić information content (AvgIpc) is 2.01. The summed E-state index contributed by atoms with van der Waals surface area (Å²) in [4.78, 5) is 14.8. The molecule has 0 aliphatic rings. The Bertz CT molecular complexity index is 353. The van der Waals surface area contributed by atoms with Crippen LogP contribution in [0.1, 0.15) is 32.3 Å². The summed E-state index contributed by atoms with van der Waals surface area (Å²) in [5, 5.41) is 2.58. The predicted octanol–water partition coefficient (Wildman–Crippen LogP) is 2.17. The molecular formula is C10H16ClN3O. The molecule has 1 aromatic heterocycles. The van der Waals surface area contributed by atoms with Crippen molar-refractivity contribution >= 4 is 29.8 Å². The van der Waals surface area contributed by atoms with Gasteiger partial charge in [-0.05, 0) is 11.5 Å². The van der Waals surface area contributed by atoms with Crippen LogP contribution in [-0.2, 0) is 4.79 Å². The molecule has 3 N–H and O–H groups in total. The molecule has 0 radical (unpaired) electrons. The third-order valence-electron chi connectivity index (χ3n) is 1.89. The van der Waals surface area contributed by atoms with E-state index in [9.17, 15) is 4.79 Å². The van der Waals surface area contributed by atoms with E-state index < -0.39 is 0 Å². The summed E-state index contributed by atoms with van der Waals surface area (Å²) in [6.07, 6.45) is 1.70. The maximum Gasteiger partial charge on any atom is 0.222 e. The molecule has 0 atom stereocenters. The molecule has 84 valence electrons. The van der Waals surface area contributed by atoms with Crippen molar-refractivity contribution in [3.8, 4) is 0 Å². The van der Waals surface area contributed by atoms with E-state index in [1.165, 1.54) is 6.92 Å². The topological polar surface area (TPSA) is 68.0 Å². The van der Waals surface area contributed by atoms with Gasteiger partial charge in [0.25, 0.3) is 0 Å². The van der Waals surface area contributed by atoms with Gasteiger partial charge in [0.1, 0.15) is 5.82 Å². The third-order valence-corrected chi connectivity index (χ3v) is 1.89. The maximum absolute atomic E-state index is 10.8. The van der Waals surface area contributed by atoms with Gasteiger partial charge in [0.05, 0.1) is 0 Å². The molecule has 0 aromatic carbocycles. The van der Waals surface area contributed by atoms with Crippen LogP contribution < -0.4 is 11.1 Å². The Balaban J connectivity index is 0.00000196. The lowest BCUT2D eigenvalue weighted by Crippen LogP contribution is -2.08. The van der Waals surface area contributed by atoms with Gasteiger partial charge in [-0.15, -0.1) is 12.4 Å². The molecule has 1 aromatic rings. The fraction of sp³-hybridized carbons (Fsp3) is 0.400. The molecule has 0 saturated carbocycles. The summed E-state index contributed by atoms with van der Waals surface area (Å²) in [5.41, 5.74) is 7.47. The zero-order chi connectivity index (χ0) is 10.7. The minimum absolute atomic E-state index is 0. The van der Waals surface area contributed by atoms with Gasteiger partial charge in [0.2, 0.25) is 5.91 Å². The van der Waals surface area contributed by atoms with Crippen molar-refractivity contribution in [2.24, 2.45) is 0 Å². The van der Waals surface area contributed by atoms with Crippen LogP contribution in [0.3, 0.4) is 0 Å². The molecule has 0 unspecified atom stereocenters.